The number of aromatic nitrogens is 3. The number of methoxy groups -OCH3 is 1. The minimum absolute atomic E-state index is 0.0175. The van der Waals surface area contributed by atoms with Gasteiger partial charge in [-0.05, 0) is 43.1 Å². The lowest BCUT2D eigenvalue weighted by atomic mass is 10.1. The van der Waals surface area contributed by atoms with Gasteiger partial charge in [-0.3, -0.25) is 4.99 Å². The third-order valence-electron chi connectivity index (χ3n) is 5.13. The van der Waals surface area contributed by atoms with Gasteiger partial charge in [0.05, 0.1) is 29.5 Å². The van der Waals surface area contributed by atoms with Crippen molar-refractivity contribution >= 4 is 24.5 Å². The second kappa shape index (κ2) is 9.33. The normalized spacial score (nSPS) is 10.5. The molecular formula is C26H20N4O4. The molecule has 0 fully saturated rings. The lowest BCUT2D eigenvalue weighted by Crippen LogP contribution is -2.03. The Balaban J connectivity index is 1.98. The average Bonchev–Trinajstić information content (AvgIpc) is 2.88. The Hall–Kier alpha value is -4.85. The predicted octanol–water partition coefficient (Wildman–Crippen LogP) is 5.05. The molecule has 1 heterocycles. The van der Waals surface area contributed by atoms with Gasteiger partial charge in [0.1, 0.15) is 11.5 Å². The minimum atomic E-state index is -0.502. The first-order chi connectivity index (χ1) is 16.5. The van der Waals surface area contributed by atoms with Crippen molar-refractivity contribution in [3.8, 4) is 45.7 Å². The number of benzene rings is 3. The van der Waals surface area contributed by atoms with E-state index in [-0.39, 0.29) is 29.0 Å². The highest BCUT2D eigenvalue weighted by Gasteiger charge is 2.19. The van der Waals surface area contributed by atoms with Crippen LogP contribution in [0.15, 0.2) is 72.2 Å². The number of aromatic hydroxyl groups is 2. The van der Waals surface area contributed by atoms with Gasteiger partial charge in [-0.15, -0.1) is 0 Å². The summed E-state index contributed by atoms with van der Waals surface area (Å²) in [6.45, 7) is 7.25. The number of aliphatic imine (C=N–C) groups is 1. The maximum atomic E-state index is 12.0. The summed E-state index contributed by atoms with van der Waals surface area (Å²) in [4.78, 5) is 29.5. The van der Waals surface area contributed by atoms with Crippen molar-refractivity contribution in [3.05, 3.63) is 78.4 Å². The molecule has 4 rings (SSSR count). The Morgan fingerprint density at radius 1 is 0.941 bits per heavy atom. The Bertz CT molecular complexity index is 1430. The molecular weight excluding hydrogens is 432 g/mol. The molecule has 3 aromatic carbocycles. The highest BCUT2D eigenvalue weighted by Crippen LogP contribution is 2.38. The van der Waals surface area contributed by atoms with Crippen molar-refractivity contribution in [2.24, 2.45) is 4.99 Å². The number of ether oxygens (including phenoxy) is 1. The molecule has 2 N–H and O–H groups in total. The molecule has 0 saturated carbocycles. The van der Waals surface area contributed by atoms with E-state index in [9.17, 15) is 15.0 Å². The number of phenols is 2. The van der Waals surface area contributed by atoms with Crippen LogP contribution < -0.4 is 0 Å². The monoisotopic (exact) mass is 452 g/mol. The van der Waals surface area contributed by atoms with Gasteiger partial charge in [-0.1, -0.05) is 36.9 Å². The van der Waals surface area contributed by atoms with E-state index in [1.807, 2.05) is 0 Å². The van der Waals surface area contributed by atoms with Crippen molar-refractivity contribution < 1.29 is 19.7 Å². The van der Waals surface area contributed by atoms with E-state index in [0.717, 1.165) is 0 Å². The molecule has 0 amide bonds. The van der Waals surface area contributed by atoms with E-state index < -0.39 is 5.97 Å². The lowest BCUT2D eigenvalue weighted by Gasteiger charge is -2.12. The van der Waals surface area contributed by atoms with Crippen LogP contribution in [0, 0.1) is 0 Å². The topological polar surface area (TPSA) is 118 Å². The first-order valence-electron chi connectivity index (χ1n) is 10.2. The number of carbonyl (C=O) groups excluding carboxylic acids is 1. The maximum Gasteiger partial charge on any atom is 0.337 e. The lowest BCUT2D eigenvalue weighted by molar-refractivity contribution is 0.0601. The van der Waals surface area contributed by atoms with Crippen molar-refractivity contribution in [2.45, 2.75) is 0 Å². The van der Waals surface area contributed by atoms with Crippen LogP contribution in [0.5, 0.6) is 11.5 Å². The number of nitrogens with zero attached hydrogens (tertiary/aromatic N) is 4. The van der Waals surface area contributed by atoms with Gasteiger partial charge < -0.3 is 14.9 Å². The Morgan fingerprint density at radius 3 is 2.32 bits per heavy atom. The molecule has 4 aromatic rings. The third kappa shape index (κ3) is 4.12. The standard InChI is InChI=1S/C26H20N4O4/c1-4-17-20(27-2)13-12-19(22(17)32)25-29-23(15-8-7-9-16(14-15)26(33)34-3)28-24(30-25)18-10-5-6-11-21(18)31/h4-14,31-32H,1-2H2,3H3. The molecule has 0 unspecified atom stereocenters. The Labute approximate surface area is 195 Å². The summed E-state index contributed by atoms with van der Waals surface area (Å²) in [6, 6.07) is 16.5. The van der Waals surface area contributed by atoms with Crippen LogP contribution in [0.3, 0.4) is 0 Å². The predicted molar refractivity (Wildman–Crippen MR) is 130 cm³/mol. The zero-order valence-electron chi connectivity index (χ0n) is 18.3. The van der Waals surface area contributed by atoms with Crippen LogP contribution in [0.4, 0.5) is 5.69 Å². The van der Waals surface area contributed by atoms with E-state index in [4.69, 9.17) is 4.74 Å². The van der Waals surface area contributed by atoms with Crippen LogP contribution in [-0.2, 0) is 4.74 Å². The first kappa shape index (κ1) is 22.3. The smallest absolute Gasteiger partial charge is 0.337 e. The number of hydrogen-bond acceptors (Lipinski definition) is 8. The average molecular weight is 452 g/mol. The maximum absolute atomic E-state index is 12.0. The summed E-state index contributed by atoms with van der Waals surface area (Å²) in [6.07, 6.45) is 1.47. The highest BCUT2D eigenvalue weighted by atomic mass is 16.5. The fourth-order valence-corrected chi connectivity index (χ4v) is 3.43. The van der Waals surface area contributed by atoms with E-state index in [1.165, 1.54) is 19.3 Å². The van der Waals surface area contributed by atoms with Gasteiger partial charge in [0, 0.05) is 11.1 Å². The highest BCUT2D eigenvalue weighted by molar-refractivity contribution is 5.90. The molecule has 8 heteroatoms. The van der Waals surface area contributed by atoms with Crippen molar-refractivity contribution in [3.63, 3.8) is 0 Å². The zero-order valence-corrected chi connectivity index (χ0v) is 18.3. The number of carbonyl (C=O) groups is 1. The van der Waals surface area contributed by atoms with Gasteiger partial charge in [-0.2, -0.15) is 0 Å². The minimum Gasteiger partial charge on any atom is -0.507 e. The number of esters is 1. The van der Waals surface area contributed by atoms with Gasteiger partial charge >= 0.3 is 5.97 Å². The van der Waals surface area contributed by atoms with Crippen LogP contribution >= 0.6 is 0 Å². The summed E-state index contributed by atoms with van der Waals surface area (Å²) in [5.74, 6) is -0.0629. The molecule has 8 nitrogen and oxygen atoms in total. The van der Waals surface area contributed by atoms with Crippen LogP contribution in [0.25, 0.3) is 40.2 Å². The summed E-state index contributed by atoms with van der Waals surface area (Å²) < 4.78 is 4.81. The zero-order chi connectivity index (χ0) is 24.2. The summed E-state index contributed by atoms with van der Waals surface area (Å²) in [5, 5.41) is 21.3. The molecule has 1 aromatic heterocycles. The Morgan fingerprint density at radius 2 is 1.65 bits per heavy atom. The molecule has 0 aliphatic carbocycles. The summed E-state index contributed by atoms with van der Waals surface area (Å²) >= 11 is 0. The number of hydrogen-bond donors (Lipinski definition) is 2. The molecule has 0 saturated heterocycles. The van der Waals surface area contributed by atoms with E-state index in [0.29, 0.717) is 33.5 Å². The van der Waals surface area contributed by atoms with Crippen molar-refractivity contribution in [1.29, 1.82) is 0 Å². The number of rotatable bonds is 6. The molecule has 0 aliphatic rings. The largest absolute Gasteiger partial charge is 0.507 e. The first-order valence-corrected chi connectivity index (χ1v) is 10.2. The van der Waals surface area contributed by atoms with Gasteiger partial charge in [0.25, 0.3) is 0 Å². The molecule has 0 radical (unpaired) electrons. The van der Waals surface area contributed by atoms with Crippen LogP contribution in [-0.4, -0.2) is 45.0 Å². The van der Waals surface area contributed by atoms with Gasteiger partial charge in [0.15, 0.2) is 17.5 Å². The number of para-hydroxylation sites is 1. The quantitative estimate of drug-likeness (QED) is 0.311. The van der Waals surface area contributed by atoms with Crippen molar-refractivity contribution in [2.75, 3.05) is 7.11 Å². The summed E-state index contributed by atoms with van der Waals surface area (Å²) in [5.41, 5.74) is 2.37. The molecule has 168 valence electrons. The fourth-order valence-electron chi connectivity index (χ4n) is 3.43. The van der Waals surface area contributed by atoms with Gasteiger partial charge in [0.2, 0.25) is 0 Å². The summed E-state index contributed by atoms with van der Waals surface area (Å²) in [7, 11) is 1.30. The second-order valence-corrected chi connectivity index (χ2v) is 7.15. The molecule has 0 atom stereocenters. The number of phenolic OH excluding ortho intramolecular Hbond substituents is 2. The van der Waals surface area contributed by atoms with Crippen LogP contribution in [0.1, 0.15) is 15.9 Å². The fraction of sp³-hybridized carbons (Fsp3) is 0.0385. The van der Waals surface area contributed by atoms with E-state index >= 15 is 0 Å². The molecule has 34 heavy (non-hydrogen) atoms. The third-order valence-corrected chi connectivity index (χ3v) is 5.13. The van der Waals surface area contributed by atoms with E-state index in [2.05, 4.69) is 33.2 Å². The van der Waals surface area contributed by atoms with Crippen LogP contribution in [0.2, 0.25) is 0 Å². The molecule has 0 spiro atoms. The second-order valence-electron chi connectivity index (χ2n) is 7.15. The SMILES string of the molecule is C=Cc1c(N=C)ccc(-c2nc(-c3cccc(C(=O)OC)c3)nc(-c3ccccc3O)n2)c1O. The Kier molecular flexibility index (Phi) is 6.13. The van der Waals surface area contributed by atoms with Crippen molar-refractivity contribution in [1.82, 2.24) is 15.0 Å². The van der Waals surface area contributed by atoms with E-state index in [1.54, 1.807) is 54.6 Å². The van der Waals surface area contributed by atoms with Gasteiger partial charge in [-0.25, -0.2) is 19.7 Å². The molecule has 0 aliphatic heterocycles. The molecule has 0 bridgehead atoms.